The number of nitrogens with two attached hydrogens (primary N) is 1. The van der Waals surface area contributed by atoms with E-state index >= 15 is 0 Å². The number of hydrogen-bond acceptors (Lipinski definition) is 3. The van der Waals surface area contributed by atoms with E-state index < -0.39 is 0 Å². The van der Waals surface area contributed by atoms with Crippen molar-refractivity contribution in [1.82, 2.24) is 0 Å². The van der Waals surface area contributed by atoms with Crippen molar-refractivity contribution in [3.05, 3.63) is 0 Å². The molecule has 0 aliphatic heterocycles. The monoisotopic (exact) mass is 102 g/mol. The minimum atomic E-state index is 0.545. The Kier molecular flexibility index (Phi) is 25.2. The van der Waals surface area contributed by atoms with Crippen LogP contribution in [-0.2, 0) is 4.79 Å². The highest BCUT2D eigenvalue weighted by Gasteiger charge is 1.52. The van der Waals surface area contributed by atoms with Gasteiger partial charge in [0.1, 0.15) is 0 Å². The molecule has 3 nitrogen and oxygen atoms in total. The molecule has 0 amide bonds. The molecule has 0 aromatic heterocycles. The van der Waals surface area contributed by atoms with E-state index in [1.807, 2.05) is 0 Å². The molecular formula is C4H10N2O. The van der Waals surface area contributed by atoms with Crippen LogP contribution in [0, 0.1) is 0 Å². The first-order valence-corrected chi connectivity index (χ1v) is 2.03. The molecule has 0 aromatic rings. The van der Waals surface area contributed by atoms with Gasteiger partial charge in [-0.1, -0.05) is 0 Å². The Morgan fingerprint density at radius 3 is 2.14 bits per heavy atom. The summed E-state index contributed by atoms with van der Waals surface area (Å²) >= 11 is 0. The van der Waals surface area contributed by atoms with Gasteiger partial charge < -0.3 is 5.73 Å². The normalized spacial score (nSPS) is 5.00. The van der Waals surface area contributed by atoms with Crippen molar-refractivity contribution in [1.29, 1.82) is 0 Å². The summed E-state index contributed by atoms with van der Waals surface area (Å²) in [5.41, 5.74) is 4.50. The maximum atomic E-state index is 9.11. The fraction of sp³-hybridized carbons (Fsp3) is 0.750. The molecule has 0 aliphatic carbocycles. The van der Waals surface area contributed by atoms with Crippen molar-refractivity contribution in [2.75, 3.05) is 13.6 Å². The summed E-state index contributed by atoms with van der Waals surface area (Å²) in [7, 11) is 1.50. The SMILES string of the molecule is CCN=C=O.CN. The van der Waals surface area contributed by atoms with E-state index in [0.29, 0.717) is 6.54 Å². The Balaban J connectivity index is 0. The fourth-order valence-corrected chi connectivity index (χ4v) is 0.0645. The third-order valence-electron chi connectivity index (χ3n) is 0.223. The van der Waals surface area contributed by atoms with E-state index in [2.05, 4.69) is 10.7 Å². The number of hydrogen-bond donors (Lipinski definition) is 1. The minimum Gasteiger partial charge on any atom is -0.333 e. The summed E-state index contributed by atoms with van der Waals surface area (Å²) in [6.07, 6.45) is 1.39. The molecule has 0 saturated carbocycles. The van der Waals surface area contributed by atoms with Gasteiger partial charge in [-0.25, -0.2) is 9.79 Å². The van der Waals surface area contributed by atoms with Crippen molar-refractivity contribution in [2.24, 2.45) is 10.7 Å². The second-order valence-electron chi connectivity index (χ2n) is 0.566. The van der Waals surface area contributed by atoms with E-state index in [1.54, 1.807) is 6.92 Å². The standard InChI is InChI=1S/C3H5NO.CH5N/c1-2-4-3-5;1-2/h2H2,1H3;2H2,1H3. The van der Waals surface area contributed by atoms with Crippen LogP contribution < -0.4 is 5.73 Å². The Bertz CT molecular complexity index is 56.7. The molecule has 2 N–H and O–H groups in total. The van der Waals surface area contributed by atoms with Crippen molar-refractivity contribution in [3.8, 4) is 0 Å². The smallest absolute Gasteiger partial charge is 0.234 e. The average Bonchev–Trinajstić information content (AvgIpc) is 1.75. The lowest BCUT2D eigenvalue weighted by atomic mass is 10.8. The first-order valence-electron chi connectivity index (χ1n) is 2.03. The minimum absolute atomic E-state index is 0.545. The van der Waals surface area contributed by atoms with E-state index in [4.69, 9.17) is 4.79 Å². The van der Waals surface area contributed by atoms with E-state index in [0.717, 1.165) is 0 Å². The number of carbonyl (C=O) groups excluding carboxylic acids is 1. The molecule has 42 valence electrons. The predicted molar refractivity (Wildman–Crippen MR) is 28.8 cm³/mol. The van der Waals surface area contributed by atoms with Gasteiger partial charge in [-0.2, -0.15) is 0 Å². The van der Waals surface area contributed by atoms with Crippen molar-refractivity contribution >= 4 is 6.08 Å². The van der Waals surface area contributed by atoms with Crippen molar-refractivity contribution in [2.45, 2.75) is 6.92 Å². The first kappa shape index (κ1) is 9.60. The van der Waals surface area contributed by atoms with Crippen LogP contribution in [0.15, 0.2) is 4.99 Å². The average molecular weight is 102 g/mol. The maximum Gasteiger partial charge on any atom is 0.234 e. The van der Waals surface area contributed by atoms with E-state index in [9.17, 15) is 0 Å². The summed E-state index contributed by atoms with van der Waals surface area (Å²) in [5.74, 6) is 0. The summed E-state index contributed by atoms with van der Waals surface area (Å²) in [4.78, 5) is 12.3. The molecular weight excluding hydrogens is 92.1 g/mol. The van der Waals surface area contributed by atoms with Crippen LogP contribution in [0.3, 0.4) is 0 Å². The van der Waals surface area contributed by atoms with Gasteiger partial charge in [-0.3, -0.25) is 0 Å². The molecule has 0 aromatic carbocycles. The third kappa shape index (κ3) is 33.2. The molecule has 0 saturated heterocycles. The van der Waals surface area contributed by atoms with Gasteiger partial charge in [0, 0.05) is 6.54 Å². The van der Waals surface area contributed by atoms with Crippen LogP contribution in [-0.4, -0.2) is 19.7 Å². The highest BCUT2D eigenvalue weighted by molar-refractivity contribution is 5.32. The zero-order valence-electron chi connectivity index (χ0n) is 4.64. The van der Waals surface area contributed by atoms with Gasteiger partial charge in [-0.05, 0) is 14.0 Å². The Labute approximate surface area is 43.2 Å². The molecule has 0 fully saturated rings. The third-order valence-corrected chi connectivity index (χ3v) is 0.223. The second-order valence-corrected chi connectivity index (χ2v) is 0.566. The van der Waals surface area contributed by atoms with E-state index in [-0.39, 0.29) is 0 Å². The molecule has 0 aliphatic rings. The maximum absolute atomic E-state index is 9.11. The van der Waals surface area contributed by atoms with Gasteiger partial charge in [0.25, 0.3) is 0 Å². The zero-order chi connectivity index (χ0) is 6.12. The van der Waals surface area contributed by atoms with Crippen LogP contribution in [0.2, 0.25) is 0 Å². The lowest BCUT2D eigenvalue weighted by Crippen LogP contribution is -1.69. The number of rotatable bonds is 1. The lowest BCUT2D eigenvalue weighted by Gasteiger charge is -1.58. The molecule has 0 bridgehead atoms. The molecule has 0 atom stereocenters. The Hall–Kier alpha value is -0.660. The second kappa shape index (κ2) is 18.4. The Morgan fingerprint density at radius 1 is 1.71 bits per heavy atom. The van der Waals surface area contributed by atoms with E-state index in [1.165, 1.54) is 13.1 Å². The van der Waals surface area contributed by atoms with Gasteiger partial charge in [-0.15, -0.1) is 0 Å². The summed E-state index contributed by atoms with van der Waals surface area (Å²) in [6.45, 7) is 2.33. The molecule has 7 heavy (non-hydrogen) atoms. The number of isocyanates is 1. The molecule has 0 rings (SSSR count). The van der Waals surface area contributed by atoms with Crippen LogP contribution in [0.5, 0.6) is 0 Å². The zero-order valence-corrected chi connectivity index (χ0v) is 4.64. The molecule has 0 radical (unpaired) electrons. The predicted octanol–water partition coefficient (Wildman–Crippen LogP) is -0.0830. The highest BCUT2D eigenvalue weighted by Crippen LogP contribution is 1.52. The summed E-state index contributed by atoms with van der Waals surface area (Å²) in [6, 6.07) is 0. The molecule has 0 spiro atoms. The van der Waals surface area contributed by atoms with Gasteiger partial charge >= 0.3 is 0 Å². The van der Waals surface area contributed by atoms with Crippen LogP contribution in [0.1, 0.15) is 6.92 Å². The van der Waals surface area contributed by atoms with Crippen molar-refractivity contribution in [3.63, 3.8) is 0 Å². The van der Waals surface area contributed by atoms with Crippen molar-refractivity contribution < 1.29 is 4.79 Å². The molecule has 0 unspecified atom stereocenters. The lowest BCUT2D eigenvalue weighted by molar-refractivity contribution is 0.563. The topological polar surface area (TPSA) is 55.5 Å². The summed E-state index contributed by atoms with van der Waals surface area (Å²) < 4.78 is 0. The quantitative estimate of drug-likeness (QED) is 0.372. The largest absolute Gasteiger partial charge is 0.333 e. The van der Waals surface area contributed by atoms with Crippen LogP contribution in [0.25, 0.3) is 0 Å². The van der Waals surface area contributed by atoms with Gasteiger partial charge in [0.2, 0.25) is 6.08 Å². The molecule has 0 heterocycles. The first-order chi connectivity index (χ1) is 3.41. The van der Waals surface area contributed by atoms with Crippen LogP contribution in [0.4, 0.5) is 0 Å². The fourth-order valence-electron chi connectivity index (χ4n) is 0.0645. The van der Waals surface area contributed by atoms with Gasteiger partial charge in [0.05, 0.1) is 0 Å². The summed E-state index contributed by atoms with van der Waals surface area (Å²) in [5, 5.41) is 0. The highest BCUT2D eigenvalue weighted by atomic mass is 16.1. The Morgan fingerprint density at radius 2 is 2.14 bits per heavy atom. The number of aliphatic imine (C=N–C) groups is 1. The van der Waals surface area contributed by atoms with Crippen LogP contribution >= 0.6 is 0 Å². The molecule has 3 heteroatoms. The number of nitrogens with zero attached hydrogens (tertiary/aromatic N) is 1. The van der Waals surface area contributed by atoms with Gasteiger partial charge in [0.15, 0.2) is 0 Å².